The van der Waals surface area contributed by atoms with Gasteiger partial charge in [0.2, 0.25) is 0 Å². The van der Waals surface area contributed by atoms with E-state index in [1.807, 2.05) is 12.1 Å². The molecule has 4 heteroatoms. The fraction of sp³-hybridized carbons (Fsp3) is 0.571. The number of nitrogens with one attached hydrogen (secondary N) is 1. The Kier molecular flexibility index (Phi) is 3.46. The zero-order valence-corrected chi connectivity index (χ0v) is 12.7. The number of anilines is 1. The third-order valence-corrected chi connectivity index (χ3v) is 4.94. The molecule has 0 aliphatic heterocycles. The minimum atomic E-state index is 0.586. The van der Waals surface area contributed by atoms with E-state index in [2.05, 4.69) is 21.2 Å². The van der Waals surface area contributed by atoms with Crippen LogP contribution in [0, 0.1) is 11.8 Å². The van der Waals surface area contributed by atoms with Crippen LogP contribution in [0.5, 0.6) is 5.75 Å². The highest BCUT2D eigenvalue weighted by atomic mass is 79.9. The number of halogens is 2. The minimum Gasteiger partial charge on any atom is -0.493 e. The number of methoxy groups -OCH3 is 1. The van der Waals surface area contributed by atoms with E-state index < -0.39 is 0 Å². The summed E-state index contributed by atoms with van der Waals surface area (Å²) in [5.41, 5.74) is 1.01. The predicted octanol–water partition coefficient (Wildman–Crippen LogP) is 4.71. The molecule has 0 heterocycles. The standard InChI is InChI=1S/C14H17BrClNO/c1-18-14-11(15)6-9(16)7-13(14)17-12-4-2-3-8-5-10(8)12/h6-8,10,12,17H,2-5H2,1H3/t8-,10+,12?/m0/s1. The van der Waals surface area contributed by atoms with Crippen molar-refractivity contribution in [3.63, 3.8) is 0 Å². The molecule has 1 N–H and O–H groups in total. The molecule has 3 atom stereocenters. The highest BCUT2D eigenvalue weighted by Crippen LogP contribution is 2.51. The van der Waals surface area contributed by atoms with Crippen LogP contribution in [-0.2, 0) is 0 Å². The van der Waals surface area contributed by atoms with Gasteiger partial charge in [0, 0.05) is 11.1 Å². The lowest BCUT2D eigenvalue weighted by molar-refractivity contribution is 0.408. The molecule has 2 nitrogen and oxygen atoms in total. The van der Waals surface area contributed by atoms with Gasteiger partial charge in [-0.1, -0.05) is 24.4 Å². The van der Waals surface area contributed by atoms with Gasteiger partial charge in [0.15, 0.2) is 5.75 Å². The van der Waals surface area contributed by atoms with Crippen molar-refractivity contribution in [2.24, 2.45) is 11.8 Å². The number of benzene rings is 1. The molecule has 0 amide bonds. The first-order valence-corrected chi connectivity index (χ1v) is 7.65. The van der Waals surface area contributed by atoms with Crippen molar-refractivity contribution in [3.8, 4) is 5.75 Å². The average Bonchev–Trinajstić information content (AvgIpc) is 3.08. The van der Waals surface area contributed by atoms with E-state index in [1.165, 1.54) is 25.7 Å². The van der Waals surface area contributed by atoms with E-state index in [-0.39, 0.29) is 0 Å². The molecule has 0 aromatic heterocycles. The van der Waals surface area contributed by atoms with Crippen LogP contribution in [0.15, 0.2) is 16.6 Å². The summed E-state index contributed by atoms with van der Waals surface area (Å²) >= 11 is 9.62. The van der Waals surface area contributed by atoms with Crippen LogP contribution in [0.2, 0.25) is 5.02 Å². The van der Waals surface area contributed by atoms with E-state index in [0.29, 0.717) is 6.04 Å². The van der Waals surface area contributed by atoms with Gasteiger partial charge in [-0.3, -0.25) is 0 Å². The SMILES string of the molecule is COc1c(Br)cc(Cl)cc1NC1CCC[C@H]2C[C@@H]12. The summed E-state index contributed by atoms with van der Waals surface area (Å²) in [6, 6.07) is 4.41. The van der Waals surface area contributed by atoms with Crippen molar-refractivity contribution in [2.75, 3.05) is 12.4 Å². The molecule has 2 aliphatic carbocycles. The topological polar surface area (TPSA) is 21.3 Å². The monoisotopic (exact) mass is 329 g/mol. The lowest BCUT2D eigenvalue weighted by atomic mass is 9.95. The molecular formula is C14H17BrClNO. The summed E-state index contributed by atoms with van der Waals surface area (Å²) in [5, 5.41) is 4.36. The highest BCUT2D eigenvalue weighted by Gasteiger charge is 2.45. The van der Waals surface area contributed by atoms with Crippen LogP contribution in [-0.4, -0.2) is 13.2 Å². The normalized spacial score (nSPS) is 29.6. The molecule has 1 aromatic carbocycles. The molecule has 2 fully saturated rings. The van der Waals surface area contributed by atoms with Gasteiger partial charge < -0.3 is 10.1 Å². The second-order valence-electron chi connectivity index (χ2n) is 5.31. The fourth-order valence-corrected chi connectivity index (χ4v) is 4.14. The van der Waals surface area contributed by atoms with Crippen molar-refractivity contribution in [2.45, 2.75) is 31.7 Å². The quantitative estimate of drug-likeness (QED) is 0.866. The van der Waals surface area contributed by atoms with Gasteiger partial charge >= 0.3 is 0 Å². The maximum absolute atomic E-state index is 6.12. The molecule has 0 bridgehead atoms. The number of hydrogen-bond donors (Lipinski definition) is 1. The smallest absolute Gasteiger partial charge is 0.156 e. The lowest BCUT2D eigenvalue weighted by Crippen LogP contribution is -2.25. The van der Waals surface area contributed by atoms with Gasteiger partial charge in [0.1, 0.15) is 0 Å². The summed E-state index contributed by atoms with van der Waals surface area (Å²) in [6.45, 7) is 0. The van der Waals surface area contributed by atoms with Gasteiger partial charge in [-0.25, -0.2) is 0 Å². The fourth-order valence-electron chi connectivity index (χ4n) is 3.16. The Labute approximate surface area is 121 Å². The van der Waals surface area contributed by atoms with Gasteiger partial charge in [0.05, 0.1) is 17.3 Å². The Hall–Kier alpha value is -0.410. The van der Waals surface area contributed by atoms with Crippen molar-refractivity contribution < 1.29 is 4.74 Å². The number of fused-ring (bicyclic) bond motifs is 1. The van der Waals surface area contributed by atoms with Crippen LogP contribution >= 0.6 is 27.5 Å². The first-order chi connectivity index (χ1) is 8.69. The summed E-state index contributed by atoms with van der Waals surface area (Å²) in [4.78, 5) is 0. The Morgan fingerprint density at radius 1 is 1.39 bits per heavy atom. The number of ether oxygens (including phenoxy) is 1. The maximum Gasteiger partial charge on any atom is 0.156 e. The van der Waals surface area contributed by atoms with E-state index in [1.54, 1.807) is 7.11 Å². The van der Waals surface area contributed by atoms with Crippen molar-refractivity contribution >= 4 is 33.2 Å². The van der Waals surface area contributed by atoms with Crippen LogP contribution < -0.4 is 10.1 Å². The van der Waals surface area contributed by atoms with E-state index in [9.17, 15) is 0 Å². The summed E-state index contributed by atoms with van der Waals surface area (Å²) in [5.74, 6) is 2.67. The third kappa shape index (κ3) is 2.35. The second-order valence-corrected chi connectivity index (χ2v) is 6.60. The lowest BCUT2D eigenvalue weighted by Gasteiger charge is -2.25. The molecule has 1 aromatic rings. The number of hydrogen-bond acceptors (Lipinski definition) is 2. The van der Waals surface area contributed by atoms with Crippen LogP contribution in [0.25, 0.3) is 0 Å². The summed E-state index contributed by atoms with van der Waals surface area (Å²) < 4.78 is 6.36. The minimum absolute atomic E-state index is 0.586. The summed E-state index contributed by atoms with van der Waals surface area (Å²) in [6.07, 6.45) is 5.40. The summed E-state index contributed by atoms with van der Waals surface area (Å²) in [7, 11) is 1.69. The second kappa shape index (κ2) is 4.93. The Morgan fingerprint density at radius 3 is 3.00 bits per heavy atom. The van der Waals surface area contributed by atoms with Crippen molar-refractivity contribution in [1.29, 1.82) is 0 Å². The molecule has 2 aliphatic rings. The zero-order chi connectivity index (χ0) is 12.7. The maximum atomic E-state index is 6.12. The molecule has 0 radical (unpaired) electrons. The van der Waals surface area contributed by atoms with Crippen molar-refractivity contribution in [3.05, 3.63) is 21.6 Å². The van der Waals surface area contributed by atoms with Crippen LogP contribution in [0.1, 0.15) is 25.7 Å². The molecule has 0 spiro atoms. The Bertz CT molecular complexity index is 465. The van der Waals surface area contributed by atoms with Crippen LogP contribution in [0.3, 0.4) is 0 Å². The first kappa shape index (κ1) is 12.6. The largest absolute Gasteiger partial charge is 0.493 e. The van der Waals surface area contributed by atoms with Crippen LogP contribution in [0.4, 0.5) is 5.69 Å². The van der Waals surface area contributed by atoms with E-state index in [0.717, 1.165) is 32.8 Å². The van der Waals surface area contributed by atoms with E-state index >= 15 is 0 Å². The average molecular weight is 331 g/mol. The highest BCUT2D eigenvalue weighted by molar-refractivity contribution is 9.10. The van der Waals surface area contributed by atoms with Gasteiger partial charge in [-0.2, -0.15) is 0 Å². The molecule has 3 rings (SSSR count). The third-order valence-electron chi connectivity index (χ3n) is 4.14. The molecule has 18 heavy (non-hydrogen) atoms. The molecule has 98 valence electrons. The molecule has 1 unspecified atom stereocenters. The Balaban J connectivity index is 1.83. The first-order valence-electron chi connectivity index (χ1n) is 6.48. The predicted molar refractivity (Wildman–Crippen MR) is 78.6 cm³/mol. The van der Waals surface area contributed by atoms with E-state index in [4.69, 9.17) is 16.3 Å². The zero-order valence-electron chi connectivity index (χ0n) is 10.4. The number of rotatable bonds is 3. The molecule has 2 saturated carbocycles. The van der Waals surface area contributed by atoms with Crippen molar-refractivity contribution in [1.82, 2.24) is 0 Å². The Morgan fingerprint density at radius 2 is 2.22 bits per heavy atom. The molecular weight excluding hydrogens is 314 g/mol. The molecule has 0 saturated heterocycles. The van der Waals surface area contributed by atoms with Gasteiger partial charge in [0.25, 0.3) is 0 Å². The van der Waals surface area contributed by atoms with Gasteiger partial charge in [-0.05, 0) is 52.7 Å². The van der Waals surface area contributed by atoms with Gasteiger partial charge in [-0.15, -0.1) is 0 Å².